The Kier molecular flexibility index (Phi) is 4.74. The van der Waals surface area contributed by atoms with Gasteiger partial charge in [-0.25, -0.2) is 4.79 Å². The Morgan fingerprint density at radius 1 is 1.27 bits per heavy atom. The molecule has 1 N–H and O–H groups in total. The second kappa shape index (κ2) is 6.71. The SMILES string of the molecule is CC1=C(C(=O)OC(C)C)C(c2ccncc2)C2=C(CC(C)(C)CC2=O)N1. The molecule has 0 saturated carbocycles. The van der Waals surface area contributed by atoms with Crippen LogP contribution in [0.5, 0.6) is 0 Å². The van der Waals surface area contributed by atoms with E-state index < -0.39 is 5.92 Å². The quantitative estimate of drug-likeness (QED) is 0.840. The lowest BCUT2D eigenvalue weighted by atomic mass is 9.68. The molecule has 1 aliphatic heterocycles. The number of aromatic nitrogens is 1. The molecule has 2 heterocycles. The summed E-state index contributed by atoms with van der Waals surface area (Å²) in [5.41, 5.74) is 3.67. The molecule has 0 spiro atoms. The molecule has 0 bridgehead atoms. The second-order valence-corrected chi connectivity index (χ2v) is 8.16. The number of allylic oxidation sites excluding steroid dienone is 3. The summed E-state index contributed by atoms with van der Waals surface area (Å²) >= 11 is 0. The zero-order valence-electron chi connectivity index (χ0n) is 16.1. The Balaban J connectivity index is 2.14. The number of nitrogens with zero attached hydrogens (tertiary/aromatic N) is 1. The van der Waals surface area contributed by atoms with Crippen LogP contribution in [0.4, 0.5) is 0 Å². The molecule has 1 atom stereocenters. The molecule has 138 valence electrons. The molecule has 0 aromatic carbocycles. The number of carbonyl (C=O) groups excluding carboxylic acids is 2. The molecule has 1 aromatic heterocycles. The van der Waals surface area contributed by atoms with Crippen molar-refractivity contribution in [1.29, 1.82) is 0 Å². The first-order valence-corrected chi connectivity index (χ1v) is 9.04. The number of hydrogen-bond acceptors (Lipinski definition) is 5. The Morgan fingerprint density at radius 2 is 1.92 bits per heavy atom. The first-order chi connectivity index (χ1) is 12.2. The molecule has 1 aliphatic carbocycles. The number of rotatable bonds is 3. The van der Waals surface area contributed by atoms with Crippen LogP contribution in [0.15, 0.2) is 47.1 Å². The van der Waals surface area contributed by atoms with Crippen LogP contribution in [0.25, 0.3) is 0 Å². The fourth-order valence-electron chi connectivity index (χ4n) is 3.87. The third kappa shape index (κ3) is 3.43. The highest BCUT2D eigenvalue weighted by Crippen LogP contribution is 2.46. The molecular formula is C21H26N2O3. The van der Waals surface area contributed by atoms with E-state index in [1.165, 1.54) is 0 Å². The maximum atomic E-state index is 13.0. The Labute approximate surface area is 154 Å². The molecule has 0 amide bonds. The summed E-state index contributed by atoms with van der Waals surface area (Å²) in [5.74, 6) is -0.701. The molecule has 5 heteroatoms. The van der Waals surface area contributed by atoms with Crippen molar-refractivity contribution < 1.29 is 14.3 Å². The summed E-state index contributed by atoms with van der Waals surface area (Å²) in [7, 11) is 0. The van der Waals surface area contributed by atoms with Crippen LogP contribution >= 0.6 is 0 Å². The van der Waals surface area contributed by atoms with Gasteiger partial charge in [-0.2, -0.15) is 0 Å². The van der Waals surface area contributed by atoms with E-state index in [9.17, 15) is 9.59 Å². The molecule has 0 radical (unpaired) electrons. The van der Waals surface area contributed by atoms with Crippen molar-refractivity contribution in [2.45, 2.75) is 59.5 Å². The molecule has 1 aromatic rings. The van der Waals surface area contributed by atoms with Gasteiger partial charge in [-0.3, -0.25) is 9.78 Å². The van der Waals surface area contributed by atoms with Crippen LogP contribution in [-0.4, -0.2) is 22.8 Å². The average molecular weight is 354 g/mol. The van der Waals surface area contributed by atoms with Gasteiger partial charge in [-0.1, -0.05) is 13.8 Å². The van der Waals surface area contributed by atoms with Crippen molar-refractivity contribution in [3.8, 4) is 0 Å². The van der Waals surface area contributed by atoms with Crippen molar-refractivity contribution in [3.05, 3.63) is 52.6 Å². The maximum Gasteiger partial charge on any atom is 0.337 e. The fraction of sp³-hybridized carbons (Fsp3) is 0.476. The zero-order valence-corrected chi connectivity index (χ0v) is 16.1. The highest BCUT2D eigenvalue weighted by atomic mass is 16.5. The van der Waals surface area contributed by atoms with Gasteiger partial charge in [-0.05, 0) is 50.3 Å². The topological polar surface area (TPSA) is 68.3 Å². The number of esters is 1. The molecule has 3 rings (SSSR count). The smallest absolute Gasteiger partial charge is 0.337 e. The highest BCUT2D eigenvalue weighted by Gasteiger charge is 2.43. The molecule has 26 heavy (non-hydrogen) atoms. The summed E-state index contributed by atoms with van der Waals surface area (Å²) in [4.78, 5) is 30.0. The van der Waals surface area contributed by atoms with Gasteiger partial charge in [0.1, 0.15) is 0 Å². The first-order valence-electron chi connectivity index (χ1n) is 9.04. The standard InChI is InChI=1S/C21H26N2O3/c1-12(2)26-20(25)17-13(3)23-15-10-21(4,5)11-16(24)19(15)18(17)14-6-8-22-9-7-14/h6-9,12,18,23H,10-11H2,1-5H3. The van der Waals surface area contributed by atoms with Gasteiger partial charge in [-0.15, -0.1) is 0 Å². The number of ether oxygens (including phenoxy) is 1. The predicted octanol–water partition coefficient (Wildman–Crippen LogP) is 3.64. The third-order valence-corrected chi connectivity index (χ3v) is 4.84. The highest BCUT2D eigenvalue weighted by molar-refractivity contribution is 6.04. The largest absolute Gasteiger partial charge is 0.460 e. The Morgan fingerprint density at radius 3 is 2.54 bits per heavy atom. The van der Waals surface area contributed by atoms with E-state index in [4.69, 9.17) is 4.74 Å². The van der Waals surface area contributed by atoms with E-state index in [1.54, 1.807) is 12.4 Å². The van der Waals surface area contributed by atoms with E-state index >= 15 is 0 Å². The van der Waals surface area contributed by atoms with E-state index in [0.717, 1.165) is 23.4 Å². The number of Topliss-reactive ketones (excluding diaryl/α,β-unsaturated/α-hetero) is 1. The minimum absolute atomic E-state index is 0.0907. The number of carbonyl (C=O) groups is 2. The number of nitrogens with one attached hydrogen (secondary N) is 1. The molecule has 0 saturated heterocycles. The Bertz CT molecular complexity index is 804. The normalized spacial score (nSPS) is 22.2. The van der Waals surface area contributed by atoms with Crippen LogP contribution in [0, 0.1) is 5.41 Å². The molecular weight excluding hydrogens is 328 g/mol. The zero-order chi connectivity index (χ0) is 19.1. The van der Waals surface area contributed by atoms with Gasteiger partial charge in [0.15, 0.2) is 5.78 Å². The molecule has 2 aliphatic rings. The van der Waals surface area contributed by atoms with Crippen LogP contribution < -0.4 is 5.32 Å². The molecule has 1 unspecified atom stereocenters. The minimum Gasteiger partial charge on any atom is -0.460 e. The fourth-order valence-corrected chi connectivity index (χ4v) is 3.87. The van der Waals surface area contributed by atoms with Crippen molar-refractivity contribution in [1.82, 2.24) is 10.3 Å². The number of hydrogen-bond donors (Lipinski definition) is 1. The number of dihydropyridines is 1. The van der Waals surface area contributed by atoms with Crippen molar-refractivity contribution in [3.63, 3.8) is 0 Å². The molecule has 5 nitrogen and oxygen atoms in total. The lowest BCUT2D eigenvalue weighted by molar-refractivity contribution is -0.143. The minimum atomic E-state index is -0.413. The van der Waals surface area contributed by atoms with E-state index in [0.29, 0.717) is 17.6 Å². The number of ketones is 1. The summed E-state index contributed by atoms with van der Waals surface area (Å²) in [6, 6.07) is 3.73. The maximum absolute atomic E-state index is 13.0. The van der Waals surface area contributed by atoms with Crippen molar-refractivity contribution >= 4 is 11.8 Å². The summed E-state index contributed by atoms with van der Waals surface area (Å²) in [5, 5.41) is 3.33. The van der Waals surface area contributed by atoms with Gasteiger partial charge in [0.2, 0.25) is 0 Å². The van der Waals surface area contributed by atoms with Gasteiger partial charge in [0.05, 0.1) is 11.7 Å². The third-order valence-electron chi connectivity index (χ3n) is 4.84. The summed E-state index contributed by atoms with van der Waals surface area (Å²) in [6.45, 7) is 9.72. The van der Waals surface area contributed by atoms with Gasteiger partial charge in [0.25, 0.3) is 0 Å². The number of pyridine rings is 1. The molecule has 0 fully saturated rings. The van der Waals surface area contributed by atoms with E-state index in [2.05, 4.69) is 24.1 Å². The Hall–Kier alpha value is -2.43. The van der Waals surface area contributed by atoms with Gasteiger partial charge in [0, 0.05) is 41.7 Å². The average Bonchev–Trinajstić information content (AvgIpc) is 2.52. The van der Waals surface area contributed by atoms with E-state index in [-0.39, 0.29) is 23.3 Å². The predicted molar refractivity (Wildman–Crippen MR) is 99.1 cm³/mol. The van der Waals surface area contributed by atoms with Crippen molar-refractivity contribution in [2.75, 3.05) is 0 Å². The van der Waals surface area contributed by atoms with Crippen LogP contribution in [-0.2, 0) is 14.3 Å². The van der Waals surface area contributed by atoms with Crippen molar-refractivity contribution in [2.24, 2.45) is 5.41 Å². The lowest BCUT2D eigenvalue weighted by Gasteiger charge is -2.39. The van der Waals surface area contributed by atoms with Gasteiger partial charge < -0.3 is 10.1 Å². The lowest BCUT2D eigenvalue weighted by Crippen LogP contribution is -2.39. The van der Waals surface area contributed by atoms with Gasteiger partial charge >= 0.3 is 5.97 Å². The van der Waals surface area contributed by atoms with Crippen LogP contribution in [0.1, 0.15) is 58.9 Å². The monoisotopic (exact) mass is 354 g/mol. The summed E-state index contributed by atoms with van der Waals surface area (Å²) < 4.78 is 5.48. The second-order valence-electron chi connectivity index (χ2n) is 8.16. The summed E-state index contributed by atoms with van der Waals surface area (Å²) in [6.07, 6.45) is 4.41. The van der Waals surface area contributed by atoms with Crippen LogP contribution in [0.3, 0.4) is 0 Å². The van der Waals surface area contributed by atoms with E-state index in [1.807, 2.05) is 32.9 Å². The van der Waals surface area contributed by atoms with Crippen LogP contribution in [0.2, 0.25) is 0 Å². The first kappa shape index (κ1) is 18.4.